The van der Waals surface area contributed by atoms with Crippen molar-refractivity contribution >= 4 is 16.8 Å². The Bertz CT molecular complexity index is 718. The Balaban J connectivity index is 1.78. The number of fused-ring (bicyclic) bond motifs is 1. The summed E-state index contributed by atoms with van der Waals surface area (Å²) >= 11 is 0. The Hall–Kier alpha value is -1.88. The highest BCUT2D eigenvalue weighted by atomic mass is 19.1. The van der Waals surface area contributed by atoms with Crippen LogP contribution in [0, 0.1) is 11.7 Å². The van der Waals surface area contributed by atoms with Crippen LogP contribution in [0.25, 0.3) is 10.9 Å². The Morgan fingerprint density at radius 3 is 2.72 bits per heavy atom. The maximum atomic E-state index is 14.3. The van der Waals surface area contributed by atoms with Crippen LogP contribution >= 0.6 is 0 Å². The predicted octanol–water partition coefficient (Wildman–Crippen LogP) is 3.86. The first-order valence-corrected chi connectivity index (χ1v) is 9.37. The smallest absolute Gasteiger partial charge is 0.253 e. The number of carbonyl (C=O) groups excluding carboxylic acids is 1. The third kappa shape index (κ3) is 4.21. The monoisotopic (exact) mass is 346 g/mol. The van der Waals surface area contributed by atoms with Crippen molar-refractivity contribution in [2.75, 3.05) is 13.2 Å². The fourth-order valence-electron chi connectivity index (χ4n) is 3.81. The molecule has 0 aliphatic heterocycles. The molecule has 25 heavy (non-hydrogen) atoms. The first-order chi connectivity index (χ1) is 12.2. The topological polar surface area (TPSA) is 54.3 Å². The largest absolute Gasteiger partial charge is 0.396 e. The summed E-state index contributed by atoms with van der Waals surface area (Å²) in [5.74, 6) is -0.0546. The van der Waals surface area contributed by atoms with Gasteiger partial charge in [0.05, 0.1) is 11.1 Å². The number of nitrogens with one attached hydrogen (secondary N) is 1. The third-order valence-electron chi connectivity index (χ3n) is 5.18. The molecule has 0 bridgehead atoms. The fourth-order valence-corrected chi connectivity index (χ4v) is 3.81. The number of hydrogen-bond acceptors (Lipinski definition) is 2. The summed E-state index contributed by atoms with van der Waals surface area (Å²) in [6.07, 6.45) is 9.64. The van der Waals surface area contributed by atoms with Gasteiger partial charge in [-0.15, -0.1) is 0 Å². The van der Waals surface area contributed by atoms with Gasteiger partial charge in [0.15, 0.2) is 0 Å². The van der Waals surface area contributed by atoms with Gasteiger partial charge in [-0.3, -0.25) is 4.79 Å². The Labute approximate surface area is 148 Å². The second-order valence-electron chi connectivity index (χ2n) is 7.01. The van der Waals surface area contributed by atoms with E-state index in [1.807, 2.05) is 10.6 Å². The summed E-state index contributed by atoms with van der Waals surface area (Å²) in [6, 6.07) is 4.86. The van der Waals surface area contributed by atoms with Gasteiger partial charge in [-0.25, -0.2) is 4.39 Å². The average Bonchev–Trinajstić information content (AvgIpc) is 2.80. The van der Waals surface area contributed by atoms with E-state index in [4.69, 9.17) is 5.11 Å². The van der Waals surface area contributed by atoms with Crippen LogP contribution in [0.15, 0.2) is 24.4 Å². The van der Waals surface area contributed by atoms with Crippen molar-refractivity contribution in [2.24, 2.45) is 5.92 Å². The predicted molar refractivity (Wildman–Crippen MR) is 97.1 cm³/mol. The molecule has 136 valence electrons. The highest BCUT2D eigenvalue weighted by Gasteiger charge is 2.19. The molecule has 3 rings (SSSR count). The molecule has 1 saturated carbocycles. The minimum absolute atomic E-state index is 0.0677. The number of hydrogen-bond donors (Lipinski definition) is 2. The molecule has 1 aliphatic rings. The number of aryl methyl sites for hydroxylation is 1. The van der Waals surface area contributed by atoms with E-state index in [-0.39, 0.29) is 18.3 Å². The van der Waals surface area contributed by atoms with Crippen molar-refractivity contribution in [3.63, 3.8) is 0 Å². The van der Waals surface area contributed by atoms with Gasteiger partial charge in [0, 0.05) is 31.3 Å². The molecule has 2 aromatic rings. The summed E-state index contributed by atoms with van der Waals surface area (Å²) in [7, 11) is 0. The molecule has 0 spiro atoms. The summed E-state index contributed by atoms with van der Waals surface area (Å²) in [6.45, 7) is 1.29. The van der Waals surface area contributed by atoms with Crippen LogP contribution in [0.1, 0.15) is 55.3 Å². The quantitative estimate of drug-likeness (QED) is 0.780. The number of aliphatic hydroxyl groups is 1. The van der Waals surface area contributed by atoms with Crippen LogP contribution in [0.3, 0.4) is 0 Å². The van der Waals surface area contributed by atoms with E-state index in [9.17, 15) is 9.18 Å². The zero-order chi connectivity index (χ0) is 17.6. The van der Waals surface area contributed by atoms with Gasteiger partial charge < -0.3 is 15.0 Å². The minimum Gasteiger partial charge on any atom is -0.396 e. The van der Waals surface area contributed by atoms with Crippen LogP contribution in [0.2, 0.25) is 0 Å². The van der Waals surface area contributed by atoms with E-state index >= 15 is 0 Å². The lowest BCUT2D eigenvalue weighted by atomic mass is 10.0. The van der Waals surface area contributed by atoms with Crippen LogP contribution in [0.4, 0.5) is 4.39 Å². The van der Waals surface area contributed by atoms with Gasteiger partial charge in [-0.1, -0.05) is 31.7 Å². The minimum atomic E-state index is -0.375. The Morgan fingerprint density at radius 2 is 2.00 bits per heavy atom. The molecule has 1 aromatic heterocycles. The summed E-state index contributed by atoms with van der Waals surface area (Å²) in [5.41, 5.74) is 1.09. The fraction of sp³-hybridized carbons (Fsp3) is 0.550. The van der Waals surface area contributed by atoms with Crippen LogP contribution in [-0.2, 0) is 6.54 Å². The van der Waals surface area contributed by atoms with Crippen molar-refractivity contribution in [1.29, 1.82) is 0 Å². The van der Waals surface area contributed by atoms with E-state index < -0.39 is 0 Å². The molecular formula is C20H27FN2O2. The number of amides is 1. The second-order valence-corrected chi connectivity index (χ2v) is 7.01. The number of aliphatic hydroxyl groups excluding tert-OH is 1. The van der Waals surface area contributed by atoms with E-state index in [1.54, 1.807) is 12.3 Å². The molecular weight excluding hydrogens is 319 g/mol. The van der Waals surface area contributed by atoms with E-state index in [0.29, 0.717) is 41.9 Å². The molecule has 2 N–H and O–H groups in total. The van der Waals surface area contributed by atoms with Crippen molar-refractivity contribution in [3.8, 4) is 0 Å². The first-order valence-electron chi connectivity index (χ1n) is 9.37. The van der Waals surface area contributed by atoms with Crippen molar-refractivity contribution in [2.45, 2.75) is 51.5 Å². The van der Waals surface area contributed by atoms with E-state index in [2.05, 4.69) is 5.32 Å². The number of nitrogens with zero attached hydrogens (tertiary/aromatic N) is 1. The standard InChI is InChI=1S/C20H27FN2O2/c21-17-9-5-10-18-19(17)16(14-23(18)11-6-12-24)20(25)22-13-15-7-3-1-2-4-8-15/h5,9-10,14-15,24H,1-4,6-8,11-13H2,(H,22,25). The highest BCUT2D eigenvalue weighted by molar-refractivity contribution is 6.07. The molecule has 0 radical (unpaired) electrons. The number of halogens is 1. The number of carbonyl (C=O) groups is 1. The molecule has 0 unspecified atom stereocenters. The lowest BCUT2D eigenvalue weighted by Gasteiger charge is -2.14. The van der Waals surface area contributed by atoms with Gasteiger partial charge in [0.2, 0.25) is 0 Å². The zero-order valence-corrected chi connectivity index (χ0v) is 14.6. The highest BCUT2D eigenvalue weighted by Crippen LogP contribution is 2.26. The van der Waals surface area contributed by atoms with Crippen molar-refractivity contribution in [1.82, 2.24) is 9.88 Å². The lowest BCUT2D eigenvalue weighted by molar-refractivity contribution is 0.0947. The molecule has 0 atom stereocenters. The summed E-state index contributed by atoms with van der Waals surface area (Å²) in [5, 5.41) is 12.4. The number of rotatable bonds is 6. The number of benzene rings is 1. The van der Waals surface area contributed by atoms with Crippen LogP contribution in [0.5, 0.6) is 0 Å². The third-order valence-corrected chi connectivity index (χ3v) is 5.18. The SMILES string of the molecule is O=C(NCC1CCCCCC1)c1cn(CCCO)c2cccc(F)c12. The molecule has 4 nitrogen and oxygen atoms in total. The molecule has 1 aromatic carbocycles. The van der Waals surface area contributed by atoms with Gasteiger partial charge in [0.25, 0.3) is 5.91 Å². The molecule has 1 heterocycles. The normalized spacial score (nSPS) is 16.1. The number of aromatic nitrogens is 1. The van der Waals surface area contributed by atoms with Gasteiger partial charge in [-0.05, 0) is 37.3 Å². The average molecular weight is 346 g/mol. The van der Waals surface area contributed by atoms with E-state index in [0.717, 1.165) is 12.8 Å². The maximum Gasteiger partial charge on any atom is 0.253 e. The maximum absolute atomic E-state index is 14.3. The van der Waals surface area contributed by atoms with Crippen molar-refractivity contribution in [3.05, 3.63) is 35.8 Å². The summed E-state index contributed by atoms with van der Waals surface area (Å²) in [4.78, 5) is 12.7. The van der Waals surface area contributed by atoms with Gasteiger partial charge in [0.1, 0.15) is 5.82 Å². The lowest BCUT2D eigenvalue weighted by Crippen LogP contribution is -2.29. The van der Waals surface area contributed by atoms with Crippen molar-refractivity contribution < 1.29 is 14.3 Å². The van der Waals surface area contributed by atoms with Crippen LogP contribution in [-0.4, -0.2) is 28.7 Å². The first kappa shape index (κ1) is 17.9. The Kier molecular flexibility index (Phi) is 6.08. The van der Waals surface area contributed by atoms with Crippen LogP contribution < -0.4 is 5.32 Å². The van der Waals surface area contributed by atoms with Gasteiger partial charge in [-0.2, -0.15) is 0 Å². The molecule has 1 amide bonds. The summed E-state index contributed by atoms with van der Waals surface area (Å²) < 4.78 is 16.2. The van der Waals surface area contributed by atoms with Gasteiger partial charge >= 0.3 is 0 Å². The molecule has 1 fully saturated rings. The van der Waals surface area contributed by atoms with E-state index in [1.165, 1.54) is 31.7 Å². The molecule has 0 saturated heterocycles. The Morgan fingerprint density at radius 1 is 1.24 bits per heavy atom. The zero-order valence-electron chi connectivity index (χ0n) is 14.6. The molecule has 1 aliphatic carbocycles. The molecule has 5 heteroatoms. The second kappa shape index (κ2) is 8.48.